The fourth-order valence-electron chi connectivity index (χ4n) is 3.04. The molecule has 1 unspecified atom stereocenters. The number of carbonyl (C=O) groups is 1. The number of amides is 1. The molecule has 1 aromatic rings. The first-order valence-electron chi connectivity index (χ1n) is 8.26. The van der Waals surface area contributed by atoms with Gasteiger partial charge in [-0.3, -0.25) is 9.36 Å². The first-order valence-corrected chi connectivity index (χ1v) is 9.99. The van der Waals surface area contributed by atoms with Gasteiger partial charge < -0.3 is 19.7 Å². The van der Waals surface area contributed by atoms with Gasteiger partial charge in [0, 0.05) is 14.2 Å². The standard InChI is InChI=1S/C17H27N2O4P/c1-13(15-7-5-4-6-8-15)19-17(20)16-11-14(9-10-18-16)12-24(21,22-2)23-3/h4-8,13-14,16,18H,9-12H2,1-3H3,(H,19,20)/t13?,14-,16+/m1/s1. The number of nitrogens with one attached hydrogen (secondary N) is 2. The molecule has 1 amide bonds. The van der Waals surface area contributed by atoms with Gasteiger partial charge in [0.2, 0.25) is 5.91 Å². The second-order valence-corrected chi connectivity index (χ2v) is 8.51. The topological polar surface area (TPSA) is 76.7 Å². The molecule has 0 saturated carbocycles. The van der Waals surface area contributed by atoms with Gasteiger partial charge in [-0.1, -0.05) is 30.3 Å². The molecule has 0 bridgehead atoms. The van der Waals surface area contributed by atoms with Crippen LogP contribution in [0.4, 0.5) is 0 Å². The number of piperidine rings is 1. The van der Waals surface area contributed by atoms with E-state index in [2.05, 4.69) is 10.6 Å². The monoisotopic (exact) mass is 354 g/mol. The Kier molecular flexibility index (Phi) is 6.99. The molecule has 0 aliphatic carbocycles. The zero-order valence-electron chi connectivity index (χ0n) is 14.5. The molecule has 2 N–H and O–H groups in total. The van der Waals surface area contributed by atoms with Crippen LogP contribution in [0.3, 0.4) is 0 Å². The highest BCUT2D eigenvalue weighted by atomic mass is 31.2. The molecule has 6 nitrogen and oxygen atoms in total. The summed E-state index contributed by atoms with van der Waals surface area (Å²) in [5.74, 6) is 0.112. The van der Waals surface area contributed by atoms with Crippen molar-refractivity contribution >= 4 is 13.5 Å². The van der Waals surface area contributed by atoms with Crippen molar-refractivity contribution < 1.29 is 18.4 Å². The van der Waals surface area contributed by atoms with Gasteiger partial charge in [-0.2, -0.15) is 0 Å². The Balaban J connectivity index is 1.91. The average Bonchev–Trinajstić information content (AvgIpc) is 2.62. The Bertz CT molecular complexity index is 573. The van der Waals surface area contributed by atoms with Crippen LogP contribution < -0.4 is 10.6 Å². The van der Waals surface area contributed by atoms with Gasteiger partial charge in [0.25, 0.3) is 0 Å². The maximum absolute atomic E-state index is 12.5. The lowest BCUT2D eigenvalue weighted by atomic mass is 9.93. The van der Waals surface area contributed by atoms with E-state index in [4.69, 9.17) is 9.05 Å². The molecule has 0 radical (unpaired) electrons. The van der Waals surface area contributed by atoms with E-state index in [-0.39, 0.29) is 23.9 Å². The van der Waals surface area contributed by atoms with Gasteiger partial charge in [0.1, 0.15) is 0 Å². The van der Waals surface area contributed by atoms with Crippen molar-refractivity contribution in [1.82, 2.24) is 10.6 Å². The van der Waals surface area contributed by atoms with E-state index in [1.165, 1.54) is 14.2 Å². The summed E-state index contributed by atoms with van der Waals surface area (Å²) in [5, 5.41) is 6.29. The van der Waals surface area contributed by atoms with Gasteiger partial charge in [-0.05, 0) is 37.8 Å². The molecular formula is C17H27N2O4P. The second kappa shape index (κ2) is 8.77. The zero-order valence-corrected chi connectivity index (χ0v) is 15.4. The van der Waals surface area contributed by atoms with E-state index in [1.54, 1.807) is 0 Å². The van der Waals surface area contributed by atoms with Crippen molar-refractivity contribution in [3.63, 3.8) is 0 Å². The maximum Gasteiger partial charge on any atom is 0.330 e. The third-order valence-electron chi connectivity index (χ3n) is 4.53. The van der Waals surface area contributed by atoms with Gasteiger partial charge >= 0.3 is 7.60 Å². The molecule has 1 saturated heterocycles. The molecular weight excluding hydrogens is 327 g/mol. The third kappa shape index (κ3) is 5.15. The Morgan fingerprint density at radius 2 is 2.00 bits per heavy atom. The average molecular weight is 354 g/mol. The van der Waals surface area contributed by atoms with Crippen molar-refractivity contribution in [1.29, 1.82) is 0 Å². The van der Waals surface area contributed by atoms with Crippen LogP contribution in [-0.4, -0.2) is 38.9 Å². The third-order valence-corrected chi connectivity index (χ3v) is 6.60. The molecule has 1 aromatic carbocycles. The number of hydrogen-bond acceptors (Lipinski definition) is 5. The summed E-state index contributed by atoms with van der Waals surface area (Å²) in [5.41, 5.74) is 1.07. The normalized spacial score (nSPS) is 22.8. The highest BCUT2D eigenvalue weighted by molar-refractivity contribution is 7.53. The highest BCUT2D eigenvalue weighted by Gasteiger charge is 2.33. The number of benzene rings is 1. The molecule has 1 aliphatic heterocycles. The second-order valence-electron chi connectivity index (χ2n) is 6.20. The van der Waals surface area contributed by atoms with Crippen LogP contribution >= 0.6 is 7.60 Å². The lowest BCUT2D eigenvalue weighted by Crippen LogP contribution is -2.49. The predicted molar refractivity (Wildman–Crippen MR) is 94.0 cm³/mol. The van der Waals surface area contributed by atoms with E-state index in [0.29, 0.717) is 12.6 Å². The number of carbonyl (C=O) groups excluding carboxylic acids is 1. The molecule has 7 heteroatoms. The SMILES string of the molecule is COP(=O)(C[C@@H]1CCN[C@H](C(=O)NC(C)c2ccccc2)C1)OC. The predicted octanol–water partition coefficient (Wildman–Crippen LogP) is 2.72. The van der Waals surface area contributed by atoms with Gasteiger partial charge in [-0.15, -0.1) is 0 Å². The van der Waals surface area contributed by atoms with Crippen molar-refractivity contribution in [2.24, 2.45) is 5.92 Å². The minimum Gasteiger partial charge on any atom is -0.348 e. The Hall–Kier alpha value is -1.20. The van der Waals surface area contributed by atoms with Gasteiger partial charge in [0.15, 0.2) is 0 Å². The summed E-state index contributed by atoms with van der Waals surface area (Å²) in [4.78, 5) is 12.5. The quantitative estimate of drug-likeness (QED) is 0.737. The van der Waals surface area contributed by atoms with Crippen LogP contribution in [0.1, 0.15) is 31.4 Å². The molecule has 1 heterocycles. The van der Waals surface area contributed by atoms with Crippen LogP contribution in [-0.2, 0) is 18.4 Å². The summed E-state index contributed by atoms with van der Waals surface area (Å²) < 4.78 is 22.3. The molecule has 3 atom stereocenters. The Labute approximate surface area is 143 Å². The first kappa shape index (κ1) is 19.1. The highest BCUT2D eigenvalue weighted by Crippen LogP contribution is 2.49. The molecule has 0 spiro atoms. The van der Waals surface area contributed by atoms with E-state index in [1.807, 2.05) is 37.3 Å². The summed E-state index contributed by atoms with van der Waals surface area (Å²) in [6.07, 6.45) is 1.83. The molecule has 24 heavy (non-hydrogen) atoms. The van der Waals surface area contributed by atoms with Crippen LogP contribution in [0.5, 0.6) is 0 Å². The smallest absolute Gasteiger partial charge is 0.330 e. The molecule has 1 fully saturated rings. The fraction of sp³-hybridized carbons (Fsp3) is 0.588. The van der Waals surface area contributed by atoms with Gasteiger partial charge in [0.05, 0.1) is 18.2 Å². The van der Waals surface area contributed by atoms with Crippen LogP contribution in [0.2, 0.25) is 0 Å². The summed E-state index contributed by atoms with van der Waals surface area (Å²) in [7, 11) is -0.241. The van der Waals surface area contributed by atoms with E-state index in [0.717, 1.165) is 18.5 Å². The minimum absolute atomic E-state index is 0.0271. The van der Waals surface area contributed by atoms with Crippen molar-refractivity contribution in [3.05, 3.63) is 35.9 Å². The maximum atomic E-state index is 12.5. The first-order chi connectivity index (χ1) is 11.5. The van der Waals surface area contributed by atoms with E-state index < -0.39 is 7.60 Å². The van der Waals surface area contributed by atoms with Crippen LogP contribution in [0, 0.1) is 5.92 Å². The number of rotatable bonds is 7. The van der Waals surface area contributed by atoms with Crippen molar-refractivity contribution in [2.75, 3.05) is 26.9 Å². The van der Waals surface area contributed by atoms with E-state index >= 15 is 0 Å². The number of hydrogen-bond donors (Lipinski definition) is 2. The van der Waals surface area contributed by atoms with Crippen molar-refractivity contribution in [3.8, 4) is 0 Å². The molecule has 2 rings (SSSR count). The van der Waals surface area contributed by atoms with Crippen molar-refractivity contribution in [2.45, 2.75) is 31.8 Å². The minimum atomic E-state index is -3.04. The molecule has 1 aliphatic rings. The summed E-state index contributed by atoms with van der Waals surface area (Å²) >= 11 is 0. The van der Waals surface area contributed by atoms with Crippen LogP contribution in [0.25, 0.3) is 0 Å². The zero-order chi connectivity index (χ0) is 17.6. The molecule has 0 aromatic heterocycles. The fourth-order valence-corrected chi connectivity index (χ4v) is 4.45. The Morgan fingerprint density at radius 3 is 2.62 bits per heavy atom. The van der Waals surface area contributed by atoms with Gasteiger partial charge in [-0.25, -0.2) is 0 Å². The summed E-state index contributed by atoms with van der Waals surface area (Å²) in [6, 6.07) is 9.53. The lowest BCUT2D eigenvalue weighted by Gasteiger charge is -2.31. The Morgan fingerprint density at radius 1 is 1.33 bits per heavy atom. The molecule has 134 valence electrons. The van der Waals surface area contributed by atoms with E-state index in [9.17, 15) is 9.36 Å². The lowest BCUT2D eigenvalue weighted by molar-refractivity contribution is -0.124. The largest absolute Gasteiger partial charge is 0.348 e. The summed E-state index contributed by atoms with van der Waals surface area (Å²) in [6.45, 7) is 2.69. The van der Waals surface area contributed by atoms with Crippen LogP contribution in [0.15, 0.2) is 30.3 Å².